The Bertz CT molecular complexity index is 280. The van der Waals surface area contributed by atoms with Crippen LogP contribution in [-0.4, -0.2) is 19.8 Å². The van der Waals surface area contributed by atoms with Crippen molar-refractivity contribution in [3.05, 3.63) is 22.4 Å². The molecule has 1 N–H and O–H groups in total. The van der Waals surface area contributed by atoms with Crippen LogP contribution in [0.2, 0.25) is 0 Å². The topological polar surface area (TPSA) is 21.3 Å². The molecular weight excluding hydrogens is 218 g/mol. The predicted octanol–water partition coefficient (Wildman–Crippen LogP) is 3.22. The molecule has 1 aromatic heterocycles. The van der Waals surface area contributed by atoms with Crippen LogP contribution in [0, 0.1) is 5.92 Å². The first-order chi connectivity index (χ1) is 7.90. The van der Waals surface area contributed by atoms with Crippen LogP contribution in [0.3, 0.4) is 0 Å². The van der Waals surface area contributed by atoms with Crippen molar-refractivity contribution in [3.8, 4) is 0 Å². The van der Waals surface area contributed by atoms with Gasteiger partial charge in [-0.1, -0.05) is 13.0 Å². The highest BCUT2D eigenvalue weighted by atomic mass is 32.1. The summed E-state index contributed by atoms with van der Waals surface area (Å²) in [6, 6.07) is 4.90. The van der Waals surface area contributed by atoms with Crippen LogP contribution >= 0.6 is 11.3 Å². The van der Waals surface area contributed by atoms with Gasteiger partial charge in [0.05, 0.1) is 0 Å². The van der Waals surface area contributed by atoms with Crippen LogP contribution in [0.25, 0.3) is 0 Å². The van der Waals surface area contributed by atoms with Crippen LogP contribution in [0.4, 0.5) is 0 Å². The predicted molar refractivity (Wildman–Crippen MR) is 68.9 cm³/mol. The molecule has 3 heteroatoms. The summed E-state index contributed by atoms with van der Waals surface area (Å²) in [7, 11) is 0. The van der Waals surface area contributed by atoms with Crippen LogP contribution in [0.15, 0.2) is 17.5 Å². The molecule has 2 unspecified atom stereocenters. The maximum atomic E-state index is 5.39. The lowest BCUT2D eigenvalue weighted by molar-refractivity contribution is 0.184. The van der Waals surface area contributed by atoms with Crippen molar-refractivity contribution in [1.82, 2.24) is 5.32 Å². The van der Waals surface area contributed by atoms with Crippen LogP contribution in [0.5, 0.6) is 0 Å². The molecule has 0 radical (unpaired) electrons. The molecule has 1 aliphatic rings. The van der Waals surface area contributed by atoms with Crippen molar-refractivity contribution >= 4 is 11.3 Å². The molecule has 1 aromatic rings. The number of ether oxygens (including phenoxy) is 1. The lowest BCUT2D eigenvalue weighted by Gasteiger charge is -2.16. The molecule has 0 spiro atoms. The summed E-state index contributed by atoms with van der Waals surface area (Å²) in [4.78, 5) is 1.46. The Morgan fingerprint density at radius 2 is 2.56 bits per heavy atom. The second-order valence-electron chi connectivity index (χ2n) is 4.45. The quantitative estimate of drug-likeness (QED) is 0.823. The fraction of sp³-hybridized carbons (Fsp3) is 0.692. The van der Waals surface area contributed by atoms with Gasteiger partial charge in [-0.05, 0) is 43.2 Å². The third-order valence-electron chi connectivity index (χ3n) is 3.26. The lowest BCUT2D eigenvalue weighted by Crippen LogP contribution is -2.23. The molecule has 0 aliphatic carbocycles. The number of hydrogen-bond acceptors (Lipinski definition) is 3. The molecule has 1 fully saturated rings. The Hall–Kier alpha value is -0.380. The molecule has 0 saturated carbocycles. The summed E-state index contributed by atoms with van der Waals surface area (Å²) in [5, 5.41) is 5.81. The van der Waals surface area contributed by atoms with E-state index in [2.05, 4.69) is 29.8 Å². The van der Waals surface area contributed by atoms with Gasteiger partial charge in [0, 0.05) is 24.1 Å². The summed E-state index contributed by atoms with van der Waals surface area (Å²) in [6.07, 6.45) is 3.67. The lowest BCUT2D eigenvalue weighted by atomic mass is 10.0. The molecule has 1 saturated heterocycles. The fourth-order valence-electron chi connectivity index (χ4n) is 2.21. The van der Waals surface area contributed by atoms with Gasteiger partial charge in [-0.2, -0.15) is 0 Å². The Balaban J connectivity index is 1.71. The molecule has 0 aromatic carbocycles. The second kappa shape index (κ2) is 6.38. The monoisotopic (exact) mass is 239 g/mol. The van der Waals surface area contributed by atoms with Crippen LogP contribution in [0.1, 0.15) is 37.1 Å². The van der Waals surface area contributed by atoms with Crippen molar-refractivity contribution in [2.45, 2.75) is 32.2 Å². The van der Waals surface area contributed by atoms with Crippen molar-refractivity contribution in [1.29, 1.82) is 0 Å². The smallest absolute Gasteiger partial charge is 0.0495 e. The van der Waals surface area contributed by atoms with E-state index in [9.17, 15) is 0 Å². The minimum absolute atomic E-state index is 0.544. The average molecular weight is 239 g/mol. The van der Waals surface area contributed by atoms with Gasteiger partial charge in [0.2, 0.25) is 0 Å². The van der Waals surface area contributed by atoms with Gasteiger partial charge in [0.15, 0.2) is 0 Å². The zero-order valence-electron chi connectivity index (χ0n) is 9.95. The fourth-order valence-corrected chi connectivity index (χ4v) is 3.09. The molecule has 1 aliphatic heterocycles. The minimum Gasteiger partial charge on any atom is -0.381 e. The normalized spacial score (nSPS) is 22.4. The molecule has 90 valence electrons. The third kappa shape index (κ3) is 3.30. The van der Waals surface area contributed by atoms with E-state index in [1.54, 1.807) is 0 Å². The number of rotatable bonds is 6. The highest BCUT2D eigenvalue weighted by Crippen LogP contribution is 2.22. The van der Waals surface area contributed by atoms with Gasteiger partial charge in [0.25, 0.3) is 0 Å². The van der Waals surface area contributed by atoms with Gasteiger partial charge in [-0.15, -0.1) is 11.3 Å². The Morgan fingerprint density at radius 1 is 1.62 bits per heavy atom. The summed E-state index contributed by atoms with van der Waals surface area (Å²) >= 11 is 1.85. The summed E-state index contributed by atoms with van der Waals surface area (Å²) in [5.74, 6) is 0.786. The first-order valence-electron chi connectivity index (χ1n) is 6.24. The first kappa shape index (κ1) is 12.1. The largest absolute Gasteiger partial charge is 0.381 e. The first-order valence-corrected chi connectivity index (χ1v) is 7.12. The molecule has 2 atom stereocenters. The zero-order valence-corrected chi connectivity index (χ0v) is 10.8. The summed E-state index contributed by atoms with van der Waals surface area (Å²) < 4.78 is 5.39. The number of thiophene rings is 1. The maximum Gasteiger partial charge on any atom is 0.0495 e. The van der Waals surface area contributed by atoms with Crippen LogP contribution < -0.4 is 5.32 Å². The van der Waals surface area contributed by atoms with E-state index < -0.39 is 0 Å². The highest BCUT2D eigenvalue weighted by molar-refractivity contribution is 7.10. The Labute approximate surface area is 102 Å². The average Bonchev–Trinajstić information content (AvgIpc) is 2.96. The molecular formula is C13H21NOS. The van der Waals surface area contributed by atoms with Crippen LogP contribution in [-0.2, 0) is 4.74 Å². The minimum atomic E-state index is 0.544. The van der Waals surface area contributed by atoms with E-state index in [0.717, 1.165) is 25.7 Å². The van der Waals surface area contributed by atoms with Gasteiger partial charge < -0.3 is 10.1 Å². The van der Waals surface area contributed by atoms with E-state index in [-0.39, 0.29) is 0 Å². The van der Waals surface area contributed by atoms with E-state index >= 15 is 0 Å². The second-order valence-corrected chi connectivity index (χ2v) is 5.43. The SMILES string of the molecule is CCC(NCCC1CCOC1)c1cccs1. The number of hydrogen-bond donors (Lipinski definition) is 1. The van der Waals surface area contributed by atoms with Gasteiger partial charge >= 0.3 is 0 Å². The van der Waals surface area contributed by atoms with Crippen molar-refractivity contribution in [2.24, 2.45) is 5.92 Å². The molecule has 0 amide bonds. The van der Waals surface area contributed by atoms with Crippen molar-refractivity contribution in [3.63, 3.8) is 0 Å². The van der Waals surface area contributed by atoms with Gasteiger partial charge in [-0.25, -0.2) is 0 Å². The van der Waals surface area contributed by atoms with E-state index in [4.69, 9.17) is 4.74 Å². The highest BCUT2D eigenvalue weighted by Gasteiger charge is 2.16. The molecule has 2 nitrogen and oxygen atoms in total. The van der Waals surface area contributed by atoms with Crippen molar-refractivity contribution < 1.29 is 4.74 Å². The summed E-state index contributed by atoms with van der Waals surface area (Å²) in [5.41, 5.74) is 0. The Morgan fingerprint density at radius 3 is 3.19 bits per heavy atom. The molecule has 0 bridgehead atoms. The maximum absolute atomic E-state index is 5.39. The third-order valence-corrected chi connectivity index (χ3v) is 4.25. The van der Waals surface area contributed by atoms with Gasteiger partial charge in [0.1, 0.15) is 0 Å². The number of nitrogens with one attached hydrogen (secondary N) is 1. The van der Waals surface area contributed by atoms with E-state index in [1.165, 1.54) is 24.1 Å². The standard InChI is InChI=1S/C13H21NOS/c1-2-12(13-4-3-9-16-13)14-7-5-11-6-8-15-10-11/h3-4,9,11-12,14H,2,5-8,10H2,1H3. The van der Waals surface area contributed by atoms with E-state index in [1.807, 2.05) is 11.3 Å². The zero-order chi connectivity index (χ0) is 11.2. The molecule has 16 heavy (non-hydrogen) atoms. The summed E-state index contributed by atoms with van der Waals surface area (Å²) in [6.45, 7) is 5.30. The van der Waals surface area contributed by atoms with E-state index in [0.29, 0.717) is 6.04 Å². The molecule has 2 rings (SSSR count). The van der Waals surface area contributed by atoms with Gasteiger partial charge in [-0.3, -0.25) is 0 Å². The van der Waals surface area contributed by atoms with Crippen molar-refractivity contribution in [2.75, 3.05) is 19.8 Å². The Kier molecular flexibility index (Phi) is 4.82. The molecule has 2 heterocycles.